The van der Waals surface area contributed by atoms with Crippen LogP contribution in [0.15, 0.2) is 24.4 Å². The summed E-state index contributed by atoms with van der Waals surface area (Å²) in [6, 6.07) is 5.64. The van der Waals surface area contributed by atoms with Gasteiger partial charge in [-0.1, -0.05) is 19.4 Å². The maximum Gasteiger partial charge on any atom is 0.144 e. The number of hydrogen-bond donors (Lipinski definition) is 2. The number of aromatic nitrogens is 1. The summed E-state index contributed by atoms with van der Waals surface area (Å²) >= 11 is 0. The van der Waals surface area contributed by atoms with Crippen molar-refractivity contribution in [3.8, 4) is 5.75 Å². The van der Waals surface area contributed by atoms with Crippen LogP contribution in [0.5, 0.6) is 5.75 Å². The smallest absolute Gasteiger partial charge is 0.144 e. The number of nitrogens with two attached hydrogens (primary N) is 1. The predicted molar refractivity (Wildman–Crippen MR) is 74.1 cm³/mol. The summed E-state index contributed by atoms with van der Waals surface area (Å²) < 4.78 is 0. The van der Waals surface area contributed by atoms with Gasteiger partial charge in [-0.2, -0.15) is 0 Å². The van der Waals surface area contributed by atoms with Crippen molar-refractivity contribution >= 4 is 16.6 Å². The molecule has 0 unspecified atom stereocenters. The van der Waals surface area contributed by atoms with Gasteiger partial charge in [0.2, 0.25) is 0 Å². The zero-order valence-corrected chi connectivity index (χ0v) is 12.2. The second-order valence-corrected chi connectivity index (χ2v) is 4.73. The number of fused-ring (bicyclic) bond motifs is 1. The molecule has 0 aliphatic rings. The van der Waals surface area contributed by atoms with Crippen molar-refractivity contribution in [2.24, 2.45) is 0 Å². The molecular weight excluding hydrogens is 260 g/mol. The van der Waals surface area contributed by atoms with Crippen LogP contribution in [0.1, 0.15) is 31.7 Å². The number of pyridine rings is 1. The number of phenolic OH excluding ortho intramolecular Hbond substituents is 1. The Morgan fingerprint density at radius 2 is 2.00 bits per heavy atom. The van der Waals surface area contributed by atoms with Crippen LogP contribution in [0.4, 0.5) is 5.69 Å². The molecule has 0 bridgehead atoms. The Morgan fingerprint density at radius 3 is 2.74 bits per heavy atom. The standard InChI is InChI=1S/C15H20N2O.ClH/c1-3-4-5-9-16-12-8-10-17-15-11(2)6-7-13(18)14(12)15;/h6-8,10,18H,3-5,9H2,1-2H3,(H,16,17);1H. The molecule has 0 aliphatic heterocycles. The summed E-state index contributed by atoms with van der Waals surface area (Å²) in [4.78, 5) is 4.37. The first-order valence-corrected chi connectivity index (χ1v) is 6.64. The van der Waals surface area contributed by atoms with Crippen LogP contribution < -0.4 is 17.7 Å². The molecule has 1 aromatic carbocycles. The largest absolute Gasteiger partial charge is 1.00 e. The third-order valence-electron chi connectivity index (χ3n) is 3.28. The molecule has 0 radical (unpaired) electrons. The van der Waals surface area contributed by atoms with E-state index in [1.807, 2.05) is 25.3 Å². The molecule has 3 N–H and O–H groups in total. The molecule has 0 amide bonds. The third-order valence-corrected chi connectivity index (χ3v) is 3.28. The maximum absolute atomic E-state index is 10.0. The molecular formula is C15H21ClN2O. The molecule has 0 spiro atoms. The normalized spacial score (nSPS) is 10.4. The van der Waals surface area contributed by atoms with E-state index in [0.717, 1.165) is 28.7 Å². The summed E-state index contributed by atoms with van der Waals surface area (Å²) in [6.45, 7) is 5.28. The molecule has 0 atom stereocenters. The molecule has 0 aliphatic carbocycles. The van der Waals surface area contributed by atoms with Crippen LogP contribution in [0.25, 0.3) is 10.9 Å². The number of aromatic hydroxyl groups is 1. The lowest BCUT2D eigenvalue weighted by Gasteiger charge is -2.07. The first-order valence-electron chi connectivity index (χ1n) is 6.64. The Labute approximate surface area is 120 Å². The lowest BCUT2D eigenvalue weighted by Crippen LogP contribution is -3.00. The Kier molecular flexibility index (Phi) is 6.06. The second kappa shape index (κ2) is 7.31. The second-order valence-electron chi connectivity index (χ2n) is 4.73. The minimum Gasteiger partial charge on any atom is -1.00 e. The van der Waals surface area contributed by atoms with E-state index in [2.05, 4.69) is 17.2 Å². The van der Waals surface area contributed by atoms with Crippen molar-refractivity contribution < 1.29 is 22.8 Å². The lowest BCUT2D eigenvalue weighted by molar-refractivity contribution is -0.570. The van der Waals surface area contributed by atoms with E-state index in [1.54, 1.807) is 6.07 Å². The first-order chi connectivity index (χ1) is 8.74. The highest BCUT2D eigenvalue weighted by Gasteiger charge is 2.11. The van der Waals surface area contributed by atoms with Crippen molar-refractivity contribution in [2.45, 2.75) is 33.1 Å². The van der Waals surface area contributed by atoms with Crippen molar-refractivity contribution in [3.05, 3.63) is 30.0 Å². The Balaban J connectivity index is 0.00000180. The zero-order valence-electron chi connectivity index (χ0n) is 11.5. The quantitative estimate of drug-likeness (QED) is 0.735. The summed E-state index contributed by atoms with van der Waals surface area (Å²) in [5.74, 6) is 0.324. The Bertz CT molecular complexity index is 543. The number of halogens is 1. The average molecular weight is 281 g/mol. The van der Waals surface area contributed by atoms with E-state index in [-0.39, 0.29) is 12.4 Å². The monoisotopic (exact) mass is 280 g/mol. The van der Waals surface area contributed by atoms with E-state index in [1.165, 1.54) is 19.3 Å². The van der Waals surface area contributed by atoms with E-state index in [0.29, 0.717) is 5.75 Å². The number of nitrogens with zero attached hydrogens (tertiary/aromatic N) is 1. The van der Waals surface area contributed by atoms with Gasteiger partial charge in [0.25, 0.3) is 0 Å². The molecule has 104 valence electrons. The number of quaternary nitrogens is 1. The van der Waals surface area contributed by atoms with Gasteiger partial charge in [0, 0.05) is 12.3 Å². The average Bonchev–Trinajstić information content (AvgIpc) is 2.39. The summed E-state index contributed by atoms with van der Waals surface area (Å²) in [6.07, 6.45) is 5.51. The van der Waals surface area contributed by atoms with Gasteiger partial charge in [-0.25, -0.2) is 0 Å². The summed E-state index contributed by atoms with van der Waals surface area (Å²) in [5.41, 5.74) is 3.10. The van der Waals surface area contributed by atoms with Crippen LogP contribution in [-0.4, -0.2) is 16.6 Å². The van der Waals surface area contributed by atoms with E-state index in [9.17, 15) is 5.11 Å². The highest BCUT2D eigenvalue weighted by atomic mass is 35.5. The number of rotatable bonds is 5. The fourth-order valence-corrected chi connectivity index (χ4v) is 2.23. The minimum absolute atomic E-state index is 0. The Morgan fingerprint density at radius 1 is 1.21 bits per heavy atom. The van der Waals surface area contributed by atoms with Crippen LogP contribution in [0, 0.1) is 6.92 Å². The molecule has 0 saturated carbocycles. The van der Waals surface area contributed by atoms with E-state index >= 15 is 0 Å². The fourth-order valence-electron chi connectivity index (χ4n) is 2.23. The van der Waals surface area contributed by atoms with Crippen molar-refractivity contribution in [3.63, 3.8) is 0 Å². The molecule has 4 heteroatoms. The van der Waals surface area contributed by atoms with Crippen LogP contribution >= 0.6 is 0 Å². The number of hydrogen-bond acceptors (Lipinski definition) is 2. The van der Waals surface area contributed by atoms with Gasteiger partial charge in [-0.15, -0.1) is 0 Å². The van der Waals surface area contributed by atoms with Gasteiger partial charge in [0.1, 0.15) is 16.8 Å². The van der Waals surface area contributed by atoms with Crippen molar-refractivity contribution in [1.82, 2.24) is 4.98 Å². The summed E-state index contributed by atoms with van der Waals surface area (Å²) in [7, 11) is 0. The zero-order chi connectivity index (χ0) is 13.0. The van der Waals surface area contributed by atoms with Crippen molar-refractivity contribution in [1.29, 1.82) is 0 Å². The summed E-state index contributed by atoms with van der Waals surface area (Å²) in [5, 5.41) is 13.1. The highest BCUT2D eigenvalue weighted by molar-refractivity contribution is 5.94. The molecule has 2 aromatic rings. The molecule has 2 rings (SSSR count). The molecule has 3 nitrogen and oxygen atoms in total. The van der Waals surface area contributed by atoms with Crippen molar-refractivity contribution in [2.75, 3.05) is 6.54 Å². The Hall–Kier alpha value is -1.32. The van der Waals surface area contributed by atoms with Gasteiger partial charge in [0.05, 0.1) is 12.1 Å². The first kappa shape index (κ1) is 15.7. The van der Waals surface area contributed by atoms with Gasteiger partial charge in [-0.05, 0) is 31.4 Å². The number of phenols is 1. The highest BCUT2D eigenvalue weighted by Crippen LogP contribution is 2.29. The third kappa shape index (κ3) is 3.58. The van der Waals surface area contributed by atoms with Gasteiger partial charge in [0.15, 0.2) is 0 Å². The van der Waals surface area contributed by atoms with Crippen LogP contribution in [0.2, 0.25) is 0 Å². The van der Waals surface area contributed by atoms with Gasteiger partial charge < -0.3 is 22.8 Å². The van der Waals surface area contributed by atoms with E-state index < -0.39 is 0 Å². The fraction of sp³-hybridized carbons (Fsp3) is 0.400. The topological polar surface area (TPSA) is 49.7 Å². The number of benzene rings is 1. The maximum atomic E-state index is 10.0. The molecule has 1 heterocycles. The molecule has 0 fully saturated rings. The van der Waals surface area contributed by atoms with E-state index in [4.69, 9.17) is 0 Å². The SMILES string of the molecule is CCCCC[NH2+]c1ccnc2c(C)ccc(O)c12.[Cl-]. The number of unbranched alkanes of at least 4 members (excludes halogenated alkanes) is 2. The predicted octanol–water partition coefficient (Wildman–Crippen LogP) is -0.362. The number of aryl methyl sites for hydroxylation is 1. The van der Waals surface area contributed by atoms with Crippen LogP contribution in [-0.2, 0) is 0 Å². The molecule has 1 aromatic heterocycles. The van der Waals surface area contributed by atoms with Gasteiger partial charge in [-0.3, -0.25) is 4.98 Å². The van der Waals surface area contributed by atoms with Gasteiger partial charge >= 0.3 is 0 Å². The minimum atomic E-state index is 0. The van der Waals surface area contributed by atoms with Crippen LogP contribution in [0.3, 0.4) is 0 Å². The molecule has 0 saturated heterocycles. The lowest BCUT2D eigenvalue weighted by atomic mass is 10.1. The molecule has 19 heavy (non-hydrogen) atoms.